The summed E-state index contributed by atoms with van der Waals surface area (Å²) >= 11 is 1.42. The lowest BCUT2D eigenvalue weighted by Crippen LogP contribution is -2.28. The van der Waals surface area contributed by atoms with Crippen molar-refractivity contribution in [2.75, 3.05) is 19.9 Å². The second-order valence-corrected chi connectivity index (χ2v) is 9.30. The van der Waals surface area contributed by atoms with Crippen LogP contribution >= 0.6 is 11.8 Å². The van der Waals surface area contributed by atoms with E-state index in [1.165, 1.54) is 22.9 Å². The molecular formula is C28H30N4O2S. The molecule has 0 N–H and O–H groups in total. The minimum atomic E-state index is 0.0507. The Bertz CT molecular complexity index is 1270. The van der Waals surface area contributed by atoms with Gasteiger partial charge in [0.25, 0.3) is 0 Å². The maximum atomic E-state index is 12.9. The molecule has 0 aliphatic rings. The zero-order valence-corrected chi connectivity index (χ0v) is 21.2. The van der Waals surface area contributed by atoms with Gasteiger partial charge in [0, 0.05) is 20.1 Å². The Kier molecular flexibility index (Phi) is 8.21. The van der Waals surface area contributed by atoms with Crippen LogP contribution in [-0.4, -0.2) is 45.5 Å². The number of nitrogens with zero attached hydrogens (tertiary/aromatic N) is 4. The van der Waals surface area contributed by atoms with Gasteiger partial charge in [-0.2, -0.15) is 0 Å². The standard InChI is InChI=1S/C28H30N4O2S/c1-21-11-7-8-14-23(21)19-31(2)26(33)20-35-28-30-29-27(24-15-9-10-16-25(24)34-3)32(28)18-17-22-12-5-4-6-13-22/h4-16H,17-20H2,1-3H3. The summed E-state index contributed by atoms with van der Waals surface area (Å²) < 4.78 is 7.66. The monoisotopic (exact) mass is 486 g/mol. The van der Waals surface area contributed by atoms with Crippen molar-refractivity contribution < 1.29 is 9.53 Å². The van der Waals surface area contributed by atoms with Gasteiger partial charge in [-0.15, -0.1) is 10.2 Å². The SMILES string of the molecule is COc1ccccc1-c1nnc(SCC(=O)N(C)Cc2ccccc2C)n1CCc1ccccc1. The summed E-state index contributed by atoms with van der Waals surface area (Å²) in [5.74, 6) is 1.82. The number of carbonyl (C=O) groups excluding carboxylic acids is 1. The number of carbonyl (C=O) groups is 1. The molecule has 0 radical (unpaired) electrons. The molecule has 0 aliphatic carbocycles. The molecule has 180 valence electrons. The van der Waals surface area contributed by atoms with Crippen LogP contribution in [0.2, 0.25) is 0 Å². The first-order valence-electron chi connectivity index (χ1n) is 11.6. The van der Waals surface area contributed by atoms with Crippen LogP contribution in [0.25, 0.3) is 11.4 Å². The minimum absolute atomic E-state index is 0.0507. The number of benzene rings is 3. The molecule has 0 unspecified atom stereocenters. The van der Waals surface area contributed by atoms with Crippen LogP contribution in [0.5, 0.6) is 5.75 Å². The third-order valence-corrected chi connectivity index (χ3v) is 6.90. The lowest BCUT2D eigenvalue weighted by atomic mass is 10.1. The van der Waals surface area contributed by atoms with Crippen molar-refractivity contribution in [3.63, 3.8) is 0 Å². The molecule has 1 heterocycles. The van der Waals surface area contributed by atoms with Crippen LogP contribution < -0.4 is 4.74 Å². The summed E-state index contributed by atoms with van der Waals surface area (Å²) in [6.07, 6.45) is 0.829. The summed E-state index contributed by atoms with van der Waals surface area (Å²) in [4.78, 5) is 14.7. The summed E-state index contributed by atoms with van der Waals surface area (Å²) in [5.41, 5.74) is 4.45. The maximum absolute atomic E-state index is 12.9. The van der Waals surface area contributed by atoms with E-state index in [4.69, 9.17) is 4.74 Å². The smallest absolute Gasteiger partial charge is 0.233 e. The molecule has 0 aliphatic heterocycles. The Labute approximate surface area is 211 Å². The normalized spacial score (nSPS) is 10.8. The van der Waals surface area contributed by atoms with Gasteiger partial charge in [-0.05, 0) is 42.2 Å². The Balaban J connectivity index is 1.52. The molecule has 0 saturated carbocycles. The predicted octanol–water partition coefficient (Wildman–Crippen LogP) is 5.26. The molecule has 35 heavy (non-hydrogen) atoms. The topological polar surface area (TPSA) is 60.3 Å². The predicted molar refractivity (Wildman–Crippen MR) is 141 cm³/mol. The average Bonchev–Trinajstić information content (AvgIpc) is 3.30. The summed E-state index contributed by atoms with van der Waals surface area (Å²) in [7, 11) is 3.50. The Hall–Kier alpha value is -3.58. The summed E-state index contributed by atoms with van der Waals surface area (Å²) in [6.45, 7) is 3.34. The number of aryl methyl sites for hydroxylation is 2. The number of para-hydroxylation sites is 1. The quantitative estimate of drug-likeness (QED) is 0.286. The van der Waals surface area contributed by atoms with Crippen LogP contribution in [0.15, 0.2) is 84.0 Å². The third kappa shape index (κ3) is 6.11. The van der Waals surface area contributed by atoms with Crippen LogP contribution in [0.1, 0.15) is 16.7 Å². The molecule has 6 nitrogen and oxygen atoms in total. The molecule has 0 saturated heterocycles. The van der Waals surface area contributed by atoms with Gasteiger partial charge < -0.3 is 14.2 Å². The molecule has 3 aromatic carbocycles. The number of methoxy groups -OCH3 is 1. The van der Waals surface area contributed by atoms with Gasteiger partial charge in [-0.25, -0.2) is 0 Å². The van der Waals surface area contributed by atoms with E-state index in [1.54, 1.807) is 12.0 Å². The van der Waals surface area contributed by atoms with Gasteiger partial charge in [0.05, 0.1) is 18.4 Å². The van der Waals surface area contributed by atoms with Gasteiger partial charge in [0.2, 0.25) is 5.91 Å². The van der Waals surface area contributed by atoms with Gasteiger partial charge in [0.15, 0.2) is 11.0 Å². The second-order valence-electron chi connectivity index (χ2n) is 8.36. The number of thioether (sulfide) groups is 1. The largest absolute Gasteiger partial charge is 0.496 e. The highest BCUT2D eigenvalue weighted by molar-refractivity contribution is 7.99. The van der Waals surface area contributed by atoms with Crippen molar-refractivity contribution in [1.82, 2.24) is 19.7 Å². The van der Waals surface area contributed by atoms with E-state index in [0.717, 1.165) is 34.3 Å². The van der Waals surface area contributed by atoms with Crippen LogP contribution in [0.4, 0.5) is 0 Å². The van der Waals surface area contributed by atoms with Crippen molar-refractivity contribution in [3.05, 3.63) is 95.6 Å². The van der Waals surface area contributed by atoms with Gasteiger partial charge >= 0.3 is 0 Å². The Morgan fingerprint density at radius 1 is 0.971 bits per heavy atom. The van der Waals surface area contributed by atoms with Crippen LogP contribution in [0.3, 0.4) is 0 Å². The molecule has 1 amide bonds. The molecule has 4 rings (SSSR count). The third-order valence-electron chi connectivity index (χ3n) is 5.95. The summed E-state index contributed by atoms with van der Waals surface area (Å²) in [6, 6.07) is 26.3. The second kappa shape index (κ2) is 11.7. The lowest BCUT2D eigenvalue weighted by molar-refractivity contribution is -0.127. The first-order valence-corrected chi connectivity index (χ1v) is 12.6. The van der Waals surface area contributed by atoms with Crippen molar-refractivity contribution >= 4 is 17.7 Å². The van der Waals surface area contributed by atoms with Gasteiger partial charge in [-0.1, -0.05) is 78.5 Å². The van der Waals surface area contributed by atoms with Crippen molar-refractivity contribution in [2.24, 2.45) is 0 Å². The lowest BCUT2D eigenvalue weighted by Gasteiger charge is -2.18. The number of hydrogen-bond donors (Lipinski definition) is 0. The fraction of sp³-hybridized carbons (Fsp3) is 0.250. The summed E-state index contributed by atoms with van der Waals surface area (Å²) in [5, 5.41) is 9.68. The average molecular weight is 487 g/mol. The van der Waals surface area contributed by atoms with E-state index >= 15 is 0 Å². The fourth-order valence-corrected chi connectivity index (χ4v) is 4.78. The number of rotatable bonds is 10. The number of amides is 1. The minimum Gasteiger partial charge on any atom is -0.496 e. The van der Waals surface area contributed by atoms with Gasteiger partial charge in [0.1, 0.15) is 5.75 Å². The Morgan fingerprint density at radius 3 is 2.46 bits per heavy atom. The van der Waals surface area contributed by atoms with Crippen molar-refractivity contribution in [2.45, 2.75) is 31.6 Å². The first-order chi connectivity index (χ1) is 17.1. The Morgan fingerprint density at radius 2 is 1.69 bits per heavy atom. The van der Waals surface area contributed by atoms with Crippen molar-refractivity contribution in [3.8, 4) is 17.1 Å². The van der Waals surface area contributed by atoms with E-state index in [-0.39, 0.29) is 11.7 Å². The van der Waals surface area contributed by atoms with E-state index < -0.39 is 0 Å². The molecule has 1 aromatic heterocycles. The molecular weight excluding hydrogens is 456 g/mol. The van der Waals surface area contributed by atoms with E-state index in [9.17, 15) is 4.79 Å². The maximum Gasteiger partial charge on any atom is 0.233 e. The number of aromatic nitrogens is 3. The molecule has 4 aromatic rings. The highest BCUT2D eigenvalue weighted by atomic mass is 32.2. The van der Waals surface area contributed by atoms with Crippen molar-refractivity contribution in [1.29, 1.82) is 0 Å². The zero-order valence-electron chi connectivity index (χ0n) is 20.3. The van der Waals surface area contributed by atoms with E-state index in [1.807, 2.05) is 61.6 Å². The fourth-order valence-electron chi connectivity index (χ4n) is 3.88. The van der Waals surface area contributed by atoms with Crippen LogP contribution in [0, 0.1) is 6.92 Å². The first kappa shape index (κ1) is 24.5. The molecule has 0 bridgehead atoms. The molecule has 0 atom stereocenters. The number of hydrogen-bond acceptors (Lipinski definition) is 5. The molecule has 0 fully saturated rings. The zero-order chi connectivity index (χ0) is 24.6. The molecule has 7 heteroatoms. The van der Waals surface area contributed by atoms with E-state index in [0.29, 0.717) is 13.1 Å². The van der Waals surface area contributed by atoms with E-state index in [2.05, 4.69) is 46.0 Å². The highest BCUT2D eigenvalue weighted by Gasteiger charge is 2.19. The van der Waals surface area contributed by atoms with Gasteiger partial charge in [-0.3, -0.25) is 4.79 Å². The molecule has 0 spiro atoms. The van der Waals surface area contributed by atoms with Crippen LogP contribution in [-0.2, 0) is 24.3 Å². The highest BCUT2D eigenvalue weighted by Crippen LogP contribution is 2.31. The number of ether oxygens (including phenoxy) is 1.